The fourth-order valence-corrected chi connectivity index (χ4v) is 3.54. The first-order chi connectivity index (χ1) is 16.9. The van der Waals surface area contributed by atoms with Crippen LogP contribution in [-0.4, -0.2) is 37.3 Å². The van der Waals surface area contributed by atoms with Crippen molar-refractivity contribution in [1.29, 1.82) is 0 Å². The monoisotopic (exact) mass is 474 g/mol. The standard InChI is InChI=1S/C24H19FN6O4/c1-14-5-7-15(8-6-14)21-27-23(35-29-21)17-4-3-11-30-22(17)28-31(24(30)33)13-20(32)26-16-9-10-19(34-2)18(25)12-16/h3-12H,13H2,1-2H3,(H,26,32). The zero-order chi connectivity index (χ0) is 24.5. The molecular formula is C24H19FN6O4. The number of carbonyl (C=O) groups excluding carboxylic acids is 1. The summed E-state index contributed by atoms with van der Waals surface area (Å²) >= 11 is 0. The van der Waals surface area contributed by atoms with Gasteiger partial charge in [0, 0.05) is 23.5 Å². The molecule has 0 saturated carbocycles. The molecule has 0 atom stereocenters. The van der Waals surface area contributed by atoms with E-state index >= 15 is 0 Å². The number of nitrogens with zero attached hydrogens (tertiary/aromatic N) is 5. The molecule has 35 heavy (non-hydrogen) atoms. The maximum atomic E-state index is 13.9. The van der Waals surface area contributed by atoms with Crippen LogP contribution < -0.4 is 15.7 Å². The van der Waals surface area contributed by atoms with Gasteiger partial charge in [0.05, 0.1) is 12.7 Å². The van der Waals surface area contributed by atoms with E-state index in [1.54, 1.807) is 12.1 Å². The lowest BCUT2D eigenvalue weighted by atomic mass is 10.1. The van der Waals surface area contributed by atoms with E-state index in [-0.39, 0.29) is 29.5 Å². The summed E-state index contributed by atoms with van der Waals surface area (Å²) in [5.74, 6) is -0.541. The van der Waals surface area contributed by atoms with Crippen LogP contribution >= 0.6 is 0 Å². The average Bonchev–Trinajstić information content (AvgIpc) is 3.45. The summed E-state index contributed by atoms with van der Waals surface area (Å²) in [5, 5.41) is 10.9. The number of anilines is 1. The number of amides is 1. The molecule has 0 fully saturated rings. The second-order valence-corrected chi connectivity index (χ2v) is 7.74. The molecule has 1 N–H and O–H groups in total. The number of ether oxygens (including phenoxy) is 1. The number of hydrogen-bond donors (Lipinski definition) is 1. The first-order valence-electron chi connectivity index (χ1n) is 10.6. The zero-order valence-electron chi connectivity index (χ0n) is 18.7. The third-order valence-corrected chi connectivity index (χ3v) is 5.30. The highest BCUT2D eigenvalue weighted by Gasteiger charge is 2.19. The van der Waals surface area contributed by atoms with Crippen molar-refractivity contribution in [1.82, 2.24) is 24.3 Å². The number of methoxy groups -OCH3 is 1. The van der Waals surface area contributed by atoms with Gasteiger partial charge in [0.15, 0.2) is 17.2 Å². The smallest absolute Gasteiger partial charge is 0.350 e. The van der Waals surface area contributed by atoms with Crippen LogP contribution in [0, 0.1) is 12.7 Å². The van der Waals surface area contributed by atoms with Crippen molar-refractivity contribution in [2.24, 2.45) is 0 Å². The molecule has 176 valence electrons. The summed E-state index contributed by atoms with van der Waals surface area (Å²) in [6.45, 7) is 1.60. The number of halogens is 1. The molecule has 0 spiro atoms. The first-order valence-corrected chi connectivity index (χ1v) is 10.6. The van der Waals surface area contributed by atoms with Gasteiger partial charge in [-0.2, -0.15) is 4.98 Å². The molecule has 3 heterocycles. The van der Waals surface area contributed by atoms with E-state index in [0.29, 0.717) is 11.4 Å². The van der Waals surface area contributed by atoms with Gasteiger partial charge < -0.3 is 14.6 Å². The summed E-state index contributed by atoms with van der Waals surface area (Å²) in [4.78, 5) is 29.8. The molecule has 0 radical (unpaired) electrons. The number of carbonyl (C=O) groups is 1. The van der Waals surface area contributed by atoms with Gasteiger partial charge in [-0.05, 0) is 31.2 Å². The molecule has 0 bridgehead atoms. The van der Waals surface area contributed by atoms with Crippen LogP contribution in [-0.2, 0) is 11.3 Å². The van der Waals surface area contributed by atoms with Crippen LogP contribution in [0.1, 0.15) is 5.56 Å². The molecule has 1 amide bonds. The van der Waals surface area contributed by atoms with Crippen LogP contribution in [0.15, 0.2) is 70.1 Å². The van der Waals surface area contributed by atoms with Crippen molar-refractivity contribution in [2.75, 3.05) is 12.4 Å². The van der Waals surface area contributed by atoms with Gasteiger partial charge in [-0.15, -0.1) is 5.10 Å². The highest BCUT2D eigenvalue weighted by atomic mass is 19.1. The number of fused-ring (bicyclic) bond motifs is 1. The Kier molecular flexibility index (Phi) is 5.57. The normalized spacial score (nSPS) is 11.1. The largest absolute Gasteiger partial charge is 0.494 e. The lowest BCUT2D eigenvalue weighted by molar-refractivity contribution is -0.117. The summed E-state index contributed by atoms with van der Waals surface area (Å²) in [7, 11) is 1.35. The van der Waals surface area contributed by atoms with Gasteiger partial charge >= 0.3 is 5.69 Å². The first kappa shape index (κ1) is 22.0. The molecule has 0 aliphatic rings. The van der Waals surface area contributed by atoms with Gasteiger partial charge in [0.25, 0.3) is 5.89 Å². The summed E-state index contributed by atoms with van der Waals surface area (Å²) in [6.07, 6.45) is 1.53. The highest BCUT2D eigenvalue weighted by Crippen LogP contribution is 2.25. The number of pyridine rings is 1. The lowest BCUT2D eigenvalue weighted by Gasteiger charge is -2.07. The van der Waals surface area contributed by atoms with Crippen molar-refractivity contribution in [3.63, 3.8) is 0 Å². The summed E-state index contributed by atoms with van der Waals surface area (Å²) < 4.78 is 26.5. The van der Waals surface area contributed by atoms with E-state index < -0.39 is 17.4 Å². The fourth-order valence-electron chi connectivity index (χ4n) is 3.54. The number of aryl methyl sites for hydroxylation is 1. The van der Waals surface area contributed by atoms with Crippen LogP contribution in [0.4, 0.5) is 10.1 Å². The molecular weight excluding hydrogens is 455 g/mol. The van der Waals surface area contributed by atoms with Gasteiger partial charge in [-0.3, -0.25) is 4.79 Å². The molecule has 0 aliphatic carbocycles. The Bertz CT molecular complexity index is 1600. The molecule has 3 aromatic heterocycles. The van der Waals surface area contributed by atoms with Crippen molar-refractivity contribution >= 4 is 17.2 Å². The average molecular weight is 474 g/mol. The van der Waals surface area contributed by atoms with Crippen LogP contribution in [0.5, 0.6) is 5.75 Å². The number of nitrogens with one attached hydrogen (secondary N) is 1. The molecule has 2 aromatic carbocycles. The fraction of sp³-hybridized carbons (Fsp3) is 0.125. The van der Waals surface area contributed by atoms with E-state index in [1.165, 1.54) is 29.8 Å². The topological polar surface area (TPSA) is 117 Å². The van der Waals surface area contributed by atoms with E-state index in [0.717, 1.165) is 21.9 Å². The molecule has 0 saturated heterocycles. The van der Waals surface area contributed by atoms with Crippen molar-refractivity contribution in [2.45, 2.75) is 13.5 Å². The molecule has 0 aliphatic heterocycles. The zero-order valence-corrected chi connectivity index (χ0v) is 18.7. The van der Waals surface area contributed by atoms with Crippen molar-refractivity contribution < 1.29 is 18.4 Å². The highest BCUT2D eigenvalue weighted by molar-refractivity contribution is 5.90. The second-order valence-electron chi connectivity index (χ2n) is 7.74. The maximum absolute atomic E-state index is 13.9. The van der Waals surface area contributed by atoms with Gasteiger partial charge in [-0.1, -0.05) is 35.0 Å². The number of aromatic nitrogens is 5. The Morgan fingerprint density at radius 1 is 1.17 bits per heavy atom. The Labute approximate surface area is 197 Å². The minimum absolute atomic E-state index is 0.0543. The van der Waals surface area contributed by atoms with E-state index in [1.807, 2.05) is 31.2 Å². The van der Waals surface area contributed by atoms with E-state index in [2.05, 4.69) is 20.6 Å². The number of benzene rings is 2. The molecule has 5 aromatic rings. The Balaban J connectivity index is 1.42. The maximum Gasteiger partial charge on any atom is 0.350 e. The van der Waals surface area contributed by atoms with E-state index in [4.69, 9.17) is 9.26 Å². The predicted octanol–water partition coefficient (Wildman–Crippen LogP) is 3.31. The van der Waals surface area contributed by atoms with Crippen molar-refractivity contribution in [3.05, 3.63) is 82.7 Å². The van der Waals surface area contributed by atoms with Gasteiger partial charge in [-0.25, -0.2) is 18.3 Å². The molecule has 11 heteroatoms. The minimum atomic E-state index is -0.621. The number of rotatable bonds is 6. The van der Waals surface area contributed by atoms with E-state index in [9.17, 15) is 14.0 Å². The van der Waals surface area contributed by atoms with Crippen LogP contribution in [0.3, 0.4) is 0 Å². The Hall–Kier alpha value is -4.80. The quantitative estimate of drug-likeness (QED) is 0.401. The van der Waals surface area contributed by atoms with Gasteiger partial charge in [0.1, 0.15) is 6.54 Å². The second kappa shape index (κ2) is 8.86. The van der Waals surface area contributed by atoms with Crippen LogP contribution in [0.2, 0.25) is 0 Å². The SMILES string of the molecule is COc1ccc(NC(=O)Cn2nc3c(-c4nc(-c5ccc(C)cc5)no4)cccn3c2=O)cc1F. The van der Waals surface area contributed by atoms with Crippen molar-refractivity contribution in [3.8, 4) is 28.6 Å². The minimum Gasteiger partial charge on any atom is -0.494 e. The Morgan fingerprint density at radius 3 is 2.71 bits per heavy atom. The third-order valence-electron chi connectivity index (χ3n) is 5.30. The molecule has 0 unspecified atom stereocenters. The third kappa shape index (κ3) is 4.26. The Morgan fingerprint density at radius 2 is 1.97 bits per heavy atom. The molecule has 10 nitrogen and oxygen atoms in total. The van der Waals surface area contributed by atoms with Gasteiger partial charge in [0.2, 0.25) is 11.7 Å². The lowest BCUT2D eigenvalue weighted by Crippen LogP contribution is -2.28. The molecule has 5 rings (SSSR count). The number of hydrogen-bond acceptors (Lipinski definition) is 7. The van der Waals surface area contributed by atoms with Crippen LogP contribution in [0.25, 0.3) is 28.5 Å². The summed E-state index contributed by atoms with van der Waals surface area (Å²) in [5.41, 5.74) is 2.27. The summed E-state index contributed by atoms with van der Waals surface area (Å²) in [6, 6.07) is 15.0. The predicted molar refractivity (Wildman–Crippen MR) is 124 cm³/mol.